The van der Waals surface area contributed by atoms with Gasteiger partial charge in [0.05, 0.1) is 0 Å². The van der Waals surface area contributed by atoms with Crippen LogP contribution in [0.15, 0.2) is 18.2 Å². The van der Waals surface area contributed by atoms with Gasteiger partial charge >= 0.3 is 0 Å². The Kier molecular flexibility index (Phi) is 5.29. The Hall–Kier alpha value is -0.930. The molecule has 1 N–H and O–H groups in total. The van der Waals surface area contributed by atoms with Gasteiger partial charge in [0.2, 0.25) is 0 Å². The third-order valence-corrected chi connectivity index (χ3v) is 2.80. The van der Waals surface area contributed by atoms with Crippen molar-refractivity contribution in [1.82, 2.24) is 10.2 Å². The molecular weight excluding hydrogens is 227 g/mol. The number of nitrogens with zero attached hydrogens (tertiary/aromatic N) is 1. The number of nitrogens with one attached hydrogen (secondary N) is 1. The second-order valence-electron chi connectivity index (χ2n) is 6.01. The molecule has 0 aliphatic rings. The number of hydrogen-bond donors (Lipinski definition) is 1. The van der Waals surface area contributed by atoms with Crippen molar-refractivity contribution in [3.8, 4) is 0 Å². The Morgan fingerprint density at radius 2 is 1.94 bits per heavy atom. The highest BCUT2D eigenvalue weighted by molar-refractivity contribution is 5.23. The van der Waals surface area contributed by atoms with Crippen LogP contribution >= 0.6 is 0 Å². The molecule has 0 spiro atoms. The van der Waals surface area contributed by atoms with E-state index in [-0.39, 0.29) is 11.4 Å². The molecule has 18 heavy (non-hydrogen) atoms. The zero-order valence-corrected chi connectivity index (χ0v) is 12.2. The van der Waals surface area contributed by atoms with E-state index in [1.165, 1.54) is 0 Å². The lowest BCUT2D eigenvalue weighted by molar-refractivity contribution is 0.299. The van der Waals surface area contributed by atoms with Gasteiger partial charge in [0.15, 0.2) is 0 Å². The minimum absolute atomic E-state index is 0.106. The molecule has 0 saturated carbocycles. The second-order valence-corrected chi connectivity index (χ2v) is 6.01. The van der Waals surface area contributed by atoms with Gasteiger partial charge in [-0.1, -0.05) is 12.1 Å². The van der Waals surface area contributed by atoms with Crippen LogP contribution < -0.4 is 5.32 Å². The third kappa shape index (κ3) is 5.61. The third-order valence-electron chi connectivity index (χ3n) is 2.80. The summed E-state index contributed by atoms with van der Waals surface area (Å²) in [6.45, 7) is 10.8. The Bertz CT molecular complexity index is 383. The van der Waals surface area contributed by atoms with Gasteiger partial charge in [-0.2, -0.15) is 0 Å². The number of hydrogen-bond acceptors (Lipinski definition) is 2. The van der Waals surface area contributed by atoms with Crippen LogP contribution in [-0.2, 0) is 6.54 Å². The quantitative estimate of drug-likeness (QED) is 0.866. The maximum absolute atomic E-state index is 13.7. The molecular formula is C15H25FN2. The fraction of sp³-hybridized carbons (Fsp3) is 0.600. The summed E-state index contributed by atoms with van der Waals surface area (Å²) in [6.07, 6.45) is 0. The summed E-state index contributed by atoms with van der Waals surface area (Å²) in [5.74, 6) is -0.106. The molecule has 0 aliphatic heterocycles. The minimum Gasteiger partial charge on any atom is -0.311 e. The van der Waals surface area contributed by atoms with E-state index < -0.39 is 0 Å². The number of likely N-dealkylation sites (N-methyl/N-ethyl adjacent to an activating group) is 1. The lowest BCUT2D eigenvalue weighted by Gasteiger charge is -2.23. The van der Waals surface area contributed by atoms with E-state index in [0.29, 0.717) is 6.54 Å². The standard InChI is InChI=1S/C15H25FN2/c1-12-6-7-13(14(16)10-12)11-18(5)9-8-17-15(2,3)4/h6-7,10,17H,8-9,11H2,1-5H3. The fourth-order valence-electron chi connectivity index (χ4n) is 1.77. The highest BCUT2D eigenvalue weighted by Crippen LogP contribution is 2.11. The minimum atomic E-state index is -0.106. The SMILES string of the molecule is Cc1ccc(CN(C)CCNC(C)(C)C)c(F)c1. The van der Waals surface area contributed by atoms with Gasteiger partial charge in [-0.15, -0.1) is 0 Å². The maximum atomic E-state index is 13.7. The lowest BCUT2D eigenvalue weighted by atomic mass is 10.1. The van der Waals surface area contributed by atoms with Crippen molar-refractivity contribution in [3.63, 3.8) is 0 Å². The van der Waals surface area contributed by atoms with Crippen LogP contribution in [0.25, 0.3) is 0 Å². The first-order chi connectivity index (χ1) is 8.28. The van der Waals surface area contributed by atoms with Crippen LogP contribution in [0, 0.1) is 12.7 Å². The lowest BCUT2D eigenvalue weighted by Crippen LogP contribution is -2.40. The molecule has 0 radical (unpaired) electrons. The zero-order chi connectivity index (χ0) is 13.8. The molecule has 0 heterocycles. The summed E-state index contributed by atoms with van der Waals surface area (Å²) >= 11 is 0. The average Bonchev–Trinajstić information content (AvgIpc) is 2.20. The summed E-state index contributed by atoms with van der Waals surface area (Å²) < 4.78 is 13.7. The molecule has 0 saturated heterocycles. The van der Waals surface area contributed by atoms with E-state index in [2.05, 4.69) is 31.0 Å². The van der Waals surface area contributed by atoms with Crippen molar-refractivity contribution in [3.05, 3.63) is 35.1 Å². The van der Waals surface area contributed by atoms with Gasteiger partial charge in [-0.25, -0.2) is 4.39 Å². The maximum Gasteiger partial charge on any atom is 0.127 e. The number of benzene rings is 1. The Labute approximate surface area is 110 Å². The Morgan fingerprint density at radius 1 is 1.28 bits per heavy atom. The van der Waals surface area contributed by atoms with Crippen LogP contribution in [0.2, 0.25) is 0 Å². The summed E-state index contributed by atoms with van der Waals surface area (Å²) in [5.41, 5.74) is 1.86. The average molecular weight is 252 g/mol. The van der Waals surface area contributed by atoms with Crippen molar-refractivity contribution >= 4 is 0 Å². The predicted molar refractivity (Wildman–Crippen MR) is 75.2 cm³/mol. The van der Waals surface area contributed by atoms with Gasteiger partial charge in [0, 0.05) is 30.7 Å². The van der Waals surface area contributed by atoms with Crippen molar-refractivity contribution in [2.24, 2.45) is 0 Å². The number of rotatable bonds is 5. The highest BCUT2D eigenvalue weighted by atomic mass is 19.1. The van der Waals surface area contributed by atoms with E-state index in [1.54, 1.807) is 6.07 Å². The molecule has 1 rings (SSSR count). The van der Waals surface area contributed by atoms with Gasteiger partial charge < -0.3 is 10.2 Å². The highest BCUT2D eigenvalue weighted by Gasteiger charge is 2.09. The van der Waals surface area contributed by atoms with Gasteiger partial charge in [0.1, 0.15) is 5.82 Å². The van der Waals surface area contributed by atoms with Crippen LogP contribution in [0.1, 0.15) is 31.9 Å². The molecule has 0 aromatic heterocycles. The van der Waals surface area contributed by atoms with Crippen LogP contribution in [0.4, 0.5) is 4.39 Å². The van der Waals surface area contributed by atoms with E-state index in [1.807, 2.05) is 26.1 Å². The molecule has 102 valence electrons. The molecule has 2 nitrogen and oxygen atoms in total. The van der Waals surface area contributed by atoms with E-state index in [0.717, 1.165) is 24.2 Å². The molecule has 0 atom stereocenters. The Morgan fingerprint density at radius 3 is 2.50 bits per heavy atom. The van der Waals surface area contributed by atoms with E-state index >= 15 is 0 Å². The summed E-state index contributed by atoms with van der Waals surface area (Å²) in [6, 6.07) is 5.43. The van der Waals surface area contributed by atoms with Crippen molar-refractivity contribution in [2.75, 3.05) is 20.1 Å². The predicted octanol–water partition coefficient (Wildman–Crippen LogP) is 2.95. The monoisotopic (exact) mass is 252 g/mol. The fourth-order valence-corrected chi connectivity index (χ4v) is 1.77. The summed E-state index contributed by atoms with van der Waals surface area (Å²) in [5, 5.41) is 3.43. The molecule has 0 fully saturated rings. The van der Waals surface area contributed by atoms with Crippen molar-refractivity contribution in [2.45, 2.75) is 39.8 Å². The van der Waals surface area contributed by atoms with E-state index in [9.17, 15) is 4.39 Å². The van der Waals surface area contributed by atoms with Gasteiger partial charge in [0.25, 0.3) is 0 Å². The van der Waals surface area contributed by atoms with Crippen LogP contribution in [0.3, 0.4) is 0 Å². The molecule has 0 bridgehead atoms. The molecule has 1 aromatic carbocycles. The Balaban J connectivity index is 2.42. The van der Waals surface area contributed by atoms with Gasteiger partial charge in [-0.05, 0) is 46.4 Å². The van der Waals surface area contributed by atoms with Crippen LogP contribution in [-0.4, -0.2) is 30.6 Å². The first kappa shape index (κ1) is 15.1. The van der Waals surface area contributed by atoms with Crippen molar-refractivity contribution in [1.29, 1.82) is 0 Å². The zero-order valence-electron chi connectivity index (χ0n) is 12.2. The van der Waals surface area contributed by atoms with Crippen LogP contribution in [0.5, 0.6) is 0 Å². The molecule has 0 aliphatic carbocycles. The largest absolute Gasteiger partial charge is 0.311 e. The molecule has 3 heteroatoms. The molecule has 0 unspecified atom stereocenters. The van der Waals surface area contributed by atoms with Gasteiger partial charge in [-0.3, -0.25) is 0 Å². The first-order valence-corrected chi connectivity index (χ1v) is 6.46. The topological polar surface area (TPSA) is 15.3 Å². The number of halogens is 1. The number of aryl methyl sites for hydroxylation is 1. The van der Waals surface area contributed by atoms with E-state index in [4.69, 9.17) is 0 Å². The van der Waals surface area contributed by atoms with Crippen molar-refractivity contribution < 1.29 is 4.39 Å². The first-order valence-electron chi connectivity index (χ1n) is 6.46. The smallest absolute Gasteiger partial charge is 0.127 e. The molecule has 1 aromatic rings. The summed E-state index contributed by atoms with van der Waals surface area (Å²) in [4.78, 5) is 2.13. The normalized spacial score (nSPS) is 12.2. The summed E-state index contributed by atoms with van der Waals surface area (Å²) in [7, 11) is 2.02. The molecule has 0 amide bonds. The second kappa shape index (κ2) is 6.30.